The molecule has 136 valence electrons. The highest BCUT2D eigenvalue weighted by molar-refractivity contribution is 5.18. The lowest BCUT2D eigenvalue weighted by atomic mass is 9.66. The van der Waals surface area contributed by atoms with Crippen molar-refractivity contribution < 1.29 is 55.4 Å². The summed E-state index contributed by atoms with van der Waals surface area (Å²) in [5, 5.41) is 89.3. The number of rotatable bonds is 3. The minimum absolute atomic E-state index is 0.692. The monoisotopic (exact) mass is 342 g/mol. The van der Waals surface area contributed by atoms with Gasteiger partial charge >= 0.3 is 0 Å². The maximum absolute atomic E-state index is 10.7. The molecule has 0 bridgehead atoms. The van der Waals surface area contributed by atoms with Crippen LogP contribution in [0.4, 0.5) is 0 Å². The molecule has 0 saturated carbocycles. The Hall–Kier alpha value is -0.440. The van der Waals surface area contributed by atoms with E-state index in [4.69, 9.17) is 19.7 Å². The third kappa shape index (κ3) is 2.58. The van der Waals surface area contributed by atoms with Crippen LogP contribution in [0.15, 0.2) is 0 Å². The summed E-state index contributed by atoms with van der Waals surface area (Å²) in [4.78, 5) is 0. The summed E-state index contributed by atoms with van der Waals surface area (Å²) in [5.74, 6) is 0. The fourth-order valence-electron chi connectivity index (χ4n) is 3.08. The minimum atomic E-state index is -3.00. The Labute approximate surface area is 130 Å². The van der Waals surface area contributed by atoms with Crippen LogP contribution in [0.1, 0.15) is 0 Å². The van der Waals surface area contributed by atoms with E-state index in [-0.39, 0.29) is 0 Å². The fraction of sp³-hybridized carbons (Fsp3) is 1.00. The van der Waals surface area contributed by atoms with Crippen molar-refractivity contribution in [1.82, 2.24) is 0 Å². The van der Waals surface area contributed by atoms with Crippen molar-refractivity contribution >= 4 is 0 Å². The first-order chi connectivity index (χ1) is 10.6. The molecule has 2 rings (SSSR count). The van der Waals surface area contributed by atoms with Gasteiger partial charge in [-0.1, -0.05) is 0 Å². The highest BCUT2D eigenvalue weighted by atomic mass is 16.6. The van der Waals surface area contributed by atoms with E-state index in [1.165, 1.54) is 0 Å². The minimum Gasteiger partial charge on any atom is -0.394 e. The molecule has 2 aliphatic heterocycles. The quantitative estimate of drug-likeness (QED) is 0.236. The Morgan fingerprint density at radius 2 is 1.39 bits per heavy atom. The summed E-state index contributed by atoms with van der Waals surface area (Å²) < 4.78 is 9.67. The zero-order chi connectivity index (χ0) is 17.6. The Kier molecular flexibility index (Phi) is 5.31. The molecule has 2 heterocycles. The van der Waals surface area contributed by atoms with E-state index >= 15 is 0 Å². The molecule has 2 aliphatic rings. The summed E-state index contributed by atoms with van der Waals surface area (Å²) in [6.07, 6.45) is -13.4. The first-order valence-corrected chi connectivity index (χ1v) is 6.99. The van der Waals surface area contributed by atoms with Crippen LogP contribution < -0.4 is 0 Å². The fourth-order valence-corrected chi connectivity index (χ4v) is 3.08. The first kappa shape index (κ1) is 18.9. The van der Waals surface area contributed by atoms with E-state index < -0.39 is 73.9 Å². The predicted molar refractivity (Wildman–Crippen MR) is 68.7 cm³/mol. The summed E-state index contributed by atoms with van der Waals surface area (Å²) in [6, 6.07) is 0. The average Bonchev–Trinajstić information content (AvgIpc) is 2.54. The summed E-state index contributed by atoms with van der Waals surface area (Å²) in [5.41, 5.74) is -5.83. The third-order valence-electron chi connectivity index (χ3n) is 4.60. The van der Waals surface area contributed by atoms with Crippen LogP contribution >= 0.6 is 0 Å². The Balaban J connectivity index is 2.42. The van der Waals surface area contributed by atoms with Crippen LogP contribution in [-0.2, 0) is 9.47 Å². The molecule has 0 unspecified atom stereocenters. The van der Waals surface area contributed by atoms with Gasteiger partial charge in [-0.05, 0) is 0 Å². The van der Waals surface area contributed by atoms with Gasteiger partial charge in [-0.2, -0.15) is 0 Å². The molecule has 0 aliphatic carbocycles. The third-order valence-corrected chi connectivity index (χ3v) is 4.60. The van der Waals surface area contributed by atoms with Crippen molar-refractivity contribution in [2.75, 3.05) is 19.8 Å². The van der Waals surface area contributed by atoms with Crippen molar-refractivity contribution in [2.24, 2.45) is 0 Å². The highest BCUT2D eigenvalue weighted by Gasteiger charge is 2.70. The van der Waals surface area contributed by atoms with Crippen LogP contribution in [0.2, 0.25) is 0 Å². The number of aliphatic hydroxyl groups is 9. The summed E-state index contributed by atoms with van der Waals surface area (Å²) >= 11 is 0. The van der Waals surface area contributed by atoms with Gasteiger partial charge in [0.05, 0.1) is 19.8 Å². The van der Waals surface area contributed by atoms with Gasteiger partial charge in [-0.25, -0.2) is 0 Å². The molecule has 23 heavy (non-hydrogen) atoms. The molecule has 0 aromatic carbocycles. The van der Waals surface area contributed by atoms with E-state index in [9.17, 15) is 35.7 Å². The van der Waals surface area contributed by atoms with Gasteiger partial charge in [0, 0.05) is 0 Å². The number of hydrogen-bond acceptors (Lipinski definition) is 11. The number of aliphatic hydroxyl groups excluding tert-OH is 7. The maximum Gasteiger partial charge on any atom is 0.184 e. The number of hydrogen-bond donors (Lipinski definition) is 9. The molecular weight excluding hydrogens is 320 g/mol. The highest BCUT2D eigenvalue weighted by Crippen LogP contribution is 2.42. The lowest BCUT2D eigenvalue weighted by Crippen LogP contribution is -2.82. The topological polar surface area (TPSA) is 201 Å². The van der Waals surface area contributed by atoms with E-state index in [0.717, 1.165) is 0 Å². The van der Waals surface area contributed by atoms with Crippen LogP contribution in [0, 0.1) is 0 Å². The second-order valence-electron chi connectivity index (χ2n) is 5.85. The van der Waals surface area contributed by atoms with Gasteiger partial charge < -0.3 is 55.4 Å². The van der Waals surface area contributed by atoms with E-state index in [1.54, 1.807) is 0 Å². The average molecular weight is 342 g/mol. The Morgan fingerprint density at radius 3 is 1.91 bits per heavy atom. The lowest BCUT2D eigenvalue weighted by molar-refractivity contribution is -0.388. The molecule has 0 aromatic heterocycles. The smallest absolute Gasteiger partial charge is 0.184 e. The van der Waals surface area contributed by atoms with Crippen molar-refractivity contribution in [3.63, 3.8) is 0 Å². The van der Waals surface area contributed by atoms with E-state index in [2.05, 4.69) is 0 Å². The largest absolute Gasteiger partial charge is 0.394 e. The van der Waals surface area contributed by atoms with Crippen molar-refractivity contribution in [1.29, 1.82) is 0 Å². The SMILES string of the molecule is OC[C@H]1OC[C@@](O)([C@@]2(O)[C@H](O)[C@@H](O)O[C@H](CO)[C@H]2O)[C@@H](O)[C@@H]1O. The Morgan fingerprint density at radius 1 is 0.826 bits per heavy atom. The van der Waals surface area contributed by atoms with Gasteiger partial charge in [0.25, 0.3) is 0 Å². The van der Waals surface area contributed by atoms with Gasteiger partial charge in [0.15, 0.2) is 17.5 Å². The second-order valence-corrected chi connectivity index (χ2v) is 5.85. The van der Waals surface area contributed by atoms with Crippen molar-refractivity contribution in [3.8, 4) is 0 Å². The standard InChI is InChI=1S/C12H22O11/c13-1-4-6(15)8(17)11(20,3-22-4)12(21)7(16)5(2-14)23-10(19)9(12)18/h4-10,13-21H,1-3H2/t4-,5-,6-,7-,8+,9-,10+,11+,12+/m1/s1. The molecule has 2 fully saturated rings. The van der Waals surface area contributed by atoms with Gasteiger partial charge in [-0.3, -0.25) is 0 Å². The molecule has 9 atom stereocenters. The predicted octanol–water partition coefficient (Wildman–Crippen LogP) is -6.01. The first-order valence-electron chi connectivity index (χ1n) is 6.99. The molecule has 2 saturated heterocycles. The van der Waals surface area contributed by atoms with Crippen LogP contribution in [-0.4, -0.2) is 120 Å². The normalized spacial score (nSPS) is 54.9. The zero-order valence-corrected chi connectivity index (χ0v) is 12.0. The molecule has 0 aromatic rings. The van der Waals surface area contributed by atoms with Gasteiger partial charge in [0.1, 0.15) is 36.6 Å². The Bertz CT molecular complexity index is 422. The van der Waals surface area contributed by atoms with Crippen LogP contribution in [0.25, 0.3) is 0 Å². The van der Waals surface area contributed by atoms with Gasteiger partial charge in [-0.15, -0.1) is 0 Å². The molecule has 9 N–H and O–H groups in total. The number of ether oxygens (including phenoxy) is 2. The molecule has 11 nitrogen and oxygen atoms in total. The van der Waals surface area contributed by atoms with E-state index in [0.29, 0.717) is 0 Å². The molecule has 0 spiro atoms. The summed E-state index contributed by atoms with van der Waals surface area (Å²) in [6.45, 7) is -2.45. The molecule has 11 heteroatoms. The molecule has 0 amide bonds. The molecular formula is C12H22O11. The van der Waals surface area contributed by atoms with Crippen LogP contribution in [0.3, 0.4) is 0 Å². The van der Waals surface area contributed by atoms with Crippen LogP contribution in [0.5, 0.6) is 0 Å². The van der Waals surface area contributed by atoms with Gasteiger partial charge in [0.2, 0.25) is 0 Å². The summed E-state index contributed by atoms with van der Waals surface area (Å²) in [7, 11) is 0. The van der Waals surface area contributed by atoms with Crippen molar-refractivity contribution in [2.45, 2.75) is 54.1 Å². The zero-order valence-electron chi connectivity index (χ0n) is 12.0. The molecule has 0 radical (unpaired) electrons. The second kappa shape index (κ2) is 6.46. The lowest BCUT2D eigenvalue weighted by Gasteiger charge is -2.57. The van der Waals surface area contributed by atoms with Crippen molar-refractivity contribution in [3.05, 3.63) is 0 Å². The van der Waals surface area contributed by atoms with E-state index in [1.807, 2.05) is 0 Å². The maximum atomic E-state index is 10.7.